The number of rotatable bonds is 4. The molecule has 30 heavy (non-hydrogen) atoms. The second-order valence-electron chi connectivity index (χ2n) is 7.45. The normalized spacial score (nSPS) is 19.8. The number of thiophene rings is 1. The van der Waals surface area contributed by atoms with Crippen LogP contribution in [0.1, 0.15) is 17.5 Å². The van der Waals surface area contributed by atoms with Gasteiger partial charge in [-0.05, 0) is 41.5 Å². The van der Waals surface area contributed by atoms with Gasteiger partial charge in [0, 0.05) is 16.1 Å². The Balaban J connectivity index is 1.36. The van der Waals surface area contributed by atoms with E-state index in [1.54, 1.807) is 11.3 Å². The Kier molecular flexibility index (Phi) is 4.40. The number of carbonyl (C=O) groups excluding carboxylic acids is 3. The topological polar surface area (TPSA) is 78.5 Å². The first-order valence-corrected chi connectivity index (χ1v) is 10.6. The lowest BCUT2D eigenvalue weighted by molar-refractivity contribution is -0.134. The van der Waals surface area contributed by atoms with E-state index in [2.05, 4.69) is 10.6 Å². The lowest BCUT2D eigenvalue weighted by Gasteiger charge is -2.22. The van der Waals surface area contributed by atoms with E-state index in [1.165, 1.54) is 0 Å². The van der Waals surface area contributed by atoms with E-state index < -0.39 is 17.5 Å². The molecule has 1 atom stereocenters. The third-order valence-electron chi connectivity index (χ3n) is 5.71. The van der Waals surface area contributed by atoms with Crippen LogP contribution in [-0.4, -0.2) is 29.3 Å². The molecule has 1 unspecified atom stereocenters. The Morgan fingerprint density at radius 3 is 2.70 bits per heavy atom. The Morgan fingerprint density at radius 2 is 1.87 bits per heavy atom. The molecule has 2 aromatic carbocycles. The van der Waals surface area contributed by atoms with E-state index in [0.717, 1.165) is 32.9 Å². The summed E-state index contributed by atoms with van der Waals surface area (Å²) in [6.07, 6.45) is 1.23. The minimum atomic E-state index is -1.05. The lowest BCUT2D eigenvalue weighted by atomic mass is 9.92. The minimum absolute atomic E-state index is 0.326. The Morgan fingerprint density at radius 1 is 1.07 bits per heavy atom. The maximum absolute atomic E-state index is 13.2. The van der Waals surface area contributed by atoms with Gasteiger partial charge < -0.3 is 10.6 Å². The summed E-state index contributed by atoms with van der Waals surface area (Å²) >= 11 is 1.58. The molecule has 0 saturated carbocycles. The number of carbonyl (C=O) groups is 3. The molecule has 0 radical (unpaired) electrons. The predicted octanol–water partition coefficient (Wildman–Crippen LogP) is 3.75. The van der Waals surface area contributed by atoms with E-state index in [9.17, 15) is 14.4 Å². The van der Waals surface area contributed by atoms with Crippen LogP contribution in [0.5, 0.6) is 0 Å². The molecule has 5 rings (SSSR count). The summed E-state index contributed by atoms with van der Waals surface area (Å²) in [6, 6.07) is 18.5. The molecule has 1 aromatic heterocycles. The molecule has 0 bridgehead atoms. The van der Waals surface area contributed by atoms with Gasteiger partial charge in [0.25, 0.3) is 5.91 Å². The molecule has 1 aliphatic heterocycles. The number of para-hydroxylation sites is 1. The molecule has 1 aliphatic carbocycles. The van der Waals surface area contributed by atoms with Crippen molar-refractivity contribution < 1.29 is 14.4 Å². The highest BCUT2D eigenvalue weighted by molar-refractivity contribution is 7.13. The van der Waals surface area contributed by atoms with Crippen molar-refractivity contribution in [2.75, 3.05) is 11.9 Å². The number of anilines is 1. The van der Waals surface area contributed by atoms with Gasteiger partial charge >= 0.3 is 6.03 Å². The number of nitrogens with one attached hydrogen (secondary N) is 2. The van der Waals surface area contributed by atoms with E-state index in [4.69, 9.17) is 0 Å². The van der Waals surface area contributed by atoms with Crippen LogP contribution in [-0.2, 0) is 21.5 Å². The Bertz CT molecular complexity index is 1160. The summed E-state index contributed by atoms with van der Waals surface area (Å²) in [5, 5.41) is 7.68. The first kappa shape index (κ1) is 18.6. The summed E-state index contributed by atoms with van der Waals surface area (Å²) in [5.41, 5.74) is 2.39. The zero-order valence-electron chi connectivity index (χ0n) is 16.1. The van der Waals surface area contributed by atoms with Gasteiger partial charge in [-0.1, -0.05) is 48.5 Å². The zero-order valence-corrected chi connectivity index (χ0v) is 16.9. The molecule has 6 nitrogen and oxygen atoms in total. The van der Waals surface area contributed by atoms with Crippen LogP contribution in [0.3, 0.4) is 0 Å². The van der Waals surface area contributed by atoms with Crippen LogP contribution in [0.15, 0.2) is 66.0 Å². The van der Waals surface area contributed by atoms with Crippen LogP contribution in [0.4, 0.5) is 10.5 Å². The van der Waals surface area contributed by atoms with Crippen molar-refractivity contribution in [3.05, 3.63) is 77.2 Å². The van der Waals surface area contributed by atoms with Crippen molar-refractivity contribution in [2.45, 2.75) is 18.4 Å². The predicted molar refractivity (Wildman–Crippen MR) is 115 cm³/mol. The third-order valence-corrected chi connectivity index (χ3v) is 6.61. The average Bonchev–Trinajstić information content (AvgIpc) is 3.46. The minimum Gasteiger partial charge on any atom is -0.324 e. The van der Waals surface area contributed by atoms with E-state index >= 15 is 0 Å². The largest absolute Gasteiger partial charge is 0.325 e. The van der Waals surface area contributed by atoms with E-state index in [-0.39, 0.29) is 12.5 Å². The molecule has 1 fully saturated rings. The number of hydrogen-bond acceptors (Lipinski definition) is 4. The quantitative estimate of drug-likeness (QED) is 0.635. The summed E-state index contributed by atoms with van der Waals surface area (Å²) in [5.74, 6) is -0.773. The maximum Gasteiger partial charge on any atom is 0.325 e. The van der Waals surface area contributed by atoms with Gasteiger partial charge in [0.1, 0.15) is 12.1 Å². The number of nitrogens with zero attached hydrogens (tertiary/aromatic N) is 1. The molecule has 2 N–H and O–H groups in total. The summed E-state index contributed by atoms with van der Waals surface area (Å²) < 4.78 is 0. The molecule has 4 amide bonds. The van der Waals surface area contributed by atoms with Gasteiger partial charge in [0.2, 0.25) is 5.91 Å². The fourth-order valence-electron chi connectivity index (χ4n) is 4.31. The fourth-order valence-corrected chi connectivity index (χ4v) is 5.07. The molecule has 3 aromatic rings. The van der Waals surface area contributed by atoms with E-state index in [0.29, 0.717) is 12.1 Å². The average molecular weight is 417 g/mol. The van der Waals surface area contributed by atoms with Crippen LogP contribution >= 0.6 is 11.3 Å². The van der Waals surface area contributed by atoms with Crippen LogP contribution < -0.4 is 10.6 Å². The molecule has 1 spiro atoms. The van der Waals surface area contributed by atoms with Gasteiger partial charge in [0.15, 0.2) is 0 Å². The van der Waals surface area contributed by atoms with Gasteiger partial charge in [-0.15, -0.1) is 11.3 Å². The van der Waals surface area contributed by atoms with Gasteiger partial charge in [-0.3, -0.25) is 14.5 Å². The number of hydrogen-bond donors (Lipinski definition) is 2. The lowest BCUT2D eigenvalue weighted by Crippen LogP contribution is -2.43. The highest BCUT2D eigenvalue weighted by Crippen LogP contribution is 2.41. The highest BCUT2D eigenvalue weighted by Gasteiger charge is 2.55. The van der Waals surface area contributed by atoms with Crippen LogP contribution in [0.2, 0.25) is 0 Å². The van der Waals surface area contributed by atoms with Crippen molar-refractivity contribution in [1.82, 2.24) is 10.2 Å². The van der Waals surface area contributed by atoms with Crippen LogP contribution in [0.25, 0.3) is 10.4 Å². The van der Waals surface area contributed by atoms with Gasteiger partial charge in [-0.25, -0.2) is 4.79 Å². The Labute approximate surface area is 177 Å². The smallest absolute Gasteiger partial charge is 0.324 e. The van der Waals surface area contributed by atoms with Crippen molar-refractivity contribution in [3.8, 4) is 10.4 Å². The molecule has 2 aliphatic rings. The molecule has 150 valence electrons. The standard InChI is InChI=1S/C23H19N3O3S/c27-20(24-18-9-4-2-7-16(18)19-10-5-13-30-19)14-26-21(28)23(25-22(26)29)12-11-15-6-1-3-8-17(15)23/h1-10,13H,11-12,14H2,(H,24,27)(H,25,29). The van der Waals surface area contributed by atoms with E-state index in [1.807, 2.05) is 66.0 Å². The second kappa shape index (κ2) is 7.11. The maximum atomic E-state index is 13.2. The first-order chi connectivity index (χ1) is 14.6. The van der Waals surface area contributed by atoms with Crippen molar-refractivity contribution in [1.29, 1.82) is 0 Å². The molecular formula is C23H19N3O3S. The molecular weight excluding hydrogens is 398 g/mol. The van der Waals surface area contributed by atoms with Crippen molar-refractivity contribution in [3.63, 3.8) is 0 Å². The summed E-state index contributed by atoms with van der Waals surface area (Å²) in [4.78, 5) is 40.6. The summed E-state index contributed by atoms with van der Waals surface area (Å²) in [7, 11) is 0. The van der Waals surface area contributed by atoms with Crippen molar-refractivity contribution in [2.24, 2.45) is 0 Å². The third kappa shape index (κ3) is 2.90. The SMILES string of the molecule is O=C(CN1C(=O)NC2(CCc3ccccc32)C1=O)Nc1ccccc1-c1cccs1. The molecule has 2 heterocycles. The highest BCUT2D eigenvalue weighted by atomic mass is 32.1. The number of aryl methyl sites for hydroxylation is 1. The number of fused-ring (bicyclic) bond motifs is 2. The monoisotopic (exact) mass is 417 g/mol. The van der Waals surface area contributed by atoms with Crippen LogP contribution in [0, 0.1) is 0 Å². The number of imide groups is 1. The second-order valence-corrected chi connectivity index (χ2v) is 8.40. The first-order valence-electron chi connectivity index (χ1n) is 9.74. The fraction of sp³-hybridized carbons (Fsp3) is 0.174. The van der Waals surface area contributed by atoms with Gasteiger partial charge in [-0.2, -0.15) is 0 Å². The Hall–Kier alpha value is -3.45. The number of benzene rings is 2. The molecule has 7 heteroatoms. The van der Waals surface area contributed by atoms with Crippen molar-refractivity contribution >= 4 is 34.9 Å². The number of urea groups is 1. The zero-order chi connectivity index (χ0) is 20.7. The summed E-state index contributed by atoms with van der Waals surface area (Å²) in [6.45, 7) is -0.326. The molecule has 1 saturated heterocycles. The van der Waals surface area contributed by atoms with Gasteiger partial charge in [0.05, 0.1) is 0 Å². The number of amides is 4.